The van der Waals surface area contributed by atoms with Crippen LogP contribution in [-0.4, -0.2) is 34.6 Å². The molecule has 0 saturated carbocycles. The van der Waals surface area contributed by atoms with E-state index in [0.29, 0.717) is 11.3 Å². The minimum Gasteiger partial charge on any atom is -0.396 e. The molecule has 1 aromatic carbocycles. The van der Waals surface area contributed by atoms with Crippen LogP contribution < -0.4 is 0 Å². The molecule has 4 nitrogen and oxygen atoms in total. The van der Waals surface area contributed by atoms with Gasteiger partial charge in [-0.3, -0.25) is 4.79 Å². The number of aryl methyl sites for hydroxylation is 1. The first kappa shape index (κ1) is 15.7. The number of hydrogen-bond donors (Lipinski definition) is 1. The van der Waals surface area contributed by atoms with Crippen molar-refractivity contribution in [1.82, 2.24) is 9.88 Å². The van der Waals surface area contributed by atoms with Crippen molar-refractivity contribution in [2.45, 2.75) is 25.8 Å². The van der Waals surface area contributed by atoms with Crippen molar-refractivity contribution < 1.29 is 9.90 Å². The maximum Gasteiger partial charge on any atom is 0.266 e. The molecule has 1 amide bonds. The Morgan fingerprint density at radius 1 is 1.38 bits per heavy atom. The van der Waals surface area contributed by atoms with E-state index in [0.717, 1.165) is 17.7 Å². The lowest BCUT2D eigenvalue weighted by Gasteiger charge is -2.28. The minimum absolute atomic E-state index is 0.0309. The number of thiazole rings is 1. The SMILES string of the molecule is CCc1ncsc1C(=O)N(C)C(CCO)c1ccccc1. The van der Waals surface area contributed by atoms with Crippen molar-refractivity contribution in [2.75, 3.05) is 13.7 Å². The third kappa shape index (κ3) is 3.49. The highest BCUT2D eigenvalue weighted by Crippen LogP contribution is 2.26. The lowest BCUT2D eigenvalue weighted by atomic mass is 10.0. The largest absolute Gasteiger partial charge is 0.396 e. The third-order valence-electron chi connectivity index (χ3n) is 3.55. The molecule has 1 unspecified atom stereocenters. The molecule has 0 aliphatic heterocycles. The zero-order valence-electron chi connectivity index (χ0n) is 12.3. The van der Waals surface area contributed by atoms with Gasteiger partial charge >= 0.3 is 0 Å². The van der Waals surface area contributed by atoms with E-state index in [2.05, 4.69) is 4.98 Å². The molecule has 1 N–H and O–H groups in total. The van der Waals surface area contributed by atoms with Crippen LogP contribution in [-0.2, 0) is 6.42 Å². The van der Waals surface area contributed by atoms with E-state index in [-0.39, 0.29) is 18.6 Å². The summed E-state index contributed by atoms with van der Waals surface area (Å²) in [6, 6.07) is 9.68. The lowest BCUT2D eigenvalue weighted by Crippen LogP contribution is -2.32. The second kappa shape index (κ2) is 7.33. The number of amides is 1. The van der Waals surface area contributed by atoms with Crippen LogP contribution in [0.3, 0.4) is 0 Å². The van der Waals surface area contributed by atoms with Crippen molar-refractivity contribution >= 4 is 17.2 Å². The molecule has 1 heterocycles. The second-order valence-corrected chi connectivity index (χ2v) is 5.69. The summed E-state index contributed by atoms with van der Waals surface area (Å²) >= 11 is 1.38. The van der Waals surface area contributed by atoms with E-state index in [1.165, 1.54) is 11.3 Å². The molecule has 1 aromatic heterocycles. The van der Waals surface area contributed by atoms with E-state index in [1.54, 1.807) is 17.5 Å². The average Bonchev–Trinajstić information content (AvgIpc) is 3.00. The molecule has 112 valence electrons. The van der Waals surface area contributed by atoms with Crippen LogP contribution in [0.4, 0.5) is 0 Å². The predicted octanol–water partition coefficient (Wildman–Crippen LogP) is 2.90. The van der Waals surface area contributed by atoms with E-state index >= 15 is 0 Å². The summed E-state index contributed by atoms with van der Waals surface area (Å²) < 4.78 is 0. The van der Waals surface area contributed by atoms with E-state index in [4.69, 9.17) is 0 Å². The number of rotatable bonds is 6. The summed E-state index contributed by atoms with van der Waals surface area (Å²) in [5, 5.41) is 9.31. The molecule has 0 aliphatic rings. The fraction of sp³-hybridized carbons (Fsp3) is 0.375. The number of benzene rings is 1. The lowest BCUT2D eigenvalue weighted by molar-refractivity contribution is 0.0709. The molecule has 1 atom stereocenters. The predicted molar refractivity (Wildman–Crippen MR) is 84.5 cm³/mol. The monoisotopic (exact) mass is 304 g/mol. The quantitative estimate of drug-likeness (QED) is 0.893. The van der Waals surface area contributed by atoms with Crippen molar-refractivity contribution in [3.05, 3.63) is 52.0 Å². The van der Waals surface area contributed by atoms with E-state index < -0.39 is 0 Å². The highest BCUT2D eigenvalue weighted by molar-refractivity contribution is 7.11. The van der Waals surface area contributed by atoms with Crippen molar-refractivity contribution in [3.63, 3.8) is 0 Å². The van der Waals surface area contributed by atoms with Crippen LogP contribution in [0.5, 0.6) is 0 Å². The van der Waals surface area contributed by atoms with Gasteiger partial charge in [0.25, 0.3) is 5.91 Å². The number of carbonyl (C=O) groups excluding carboxylic acids is 1. The number of aliphatic hydroxyl groups is 1. The fourth-order valence-electron chi connectivity index (χ4n) is 2.38. The first-order chi connectivity index (χ1) is 10.2. The topological polar surface area (TPSA) is 53.4 Å². The Morgan fingerprint density at radius 3 is 2.71 bits per heavy atom. The number of hydrogen-bond acceptors (Lipinski definition) is 4. The van der Waals surface area contributed by atoms with Gasteiger partial charge in [-0.2, -0.15) is 0 Å². The molecule has 2 rings (SSSR count). The Hall–Kier alpha value is -1.72. The van der Waals surface area contributed by atoms with Gasteiger partial charge < -0.3 is 10.0 Å². The first-order valence-corrected chi connectivity index (χ1v) is 7.92. The summed E-state index contributed by atoms with van der Waals surface area (Å²) in [6.45, 7) is 2.04. The highest BCUT2D eigenvalue weighted by Gasteiger charge is 2.25. The van der Waals surface area contributed by atoms with Gasteiger partial charge in [0.1, 0.15) is 4.88 Å². The molecular formula is C16H20N2O2S. The molecule has 21 heavy (non-hydrogen) atoms. The summed E-state index contributed by atoms with van der Waals surface area (Å²) in [5.74, 6) is -0.0309. The smallest absolute Gasteiger partial charge is 0.266 e. The van der Waals surface area contributed by atoms with Crippen LogP contribution in [0.25, 0.3) is 0 Å². The fourth-order valence-corrected chi connectivity index (χ4v) is 3.24. The Bertz CT molecular complexity index is 583. The zero-order valence-corrected chi connectivity index (χ0v) is 13.1. The second-order valence-electron chi connectivity index (χ2n) is 4.84. The molecule has 0 radical (unpaired) electrons. The Kier molecular flexibility index (Phi) is 5.47. The maximum absolute atomic E-state index is 12.7. The Balaban J connectivity index is 2.26. The molecule has 0 fully saturated rings. The number of aromatic nitrogens is 1. The molecular weight excluding hydrogens is 284 g/mol. The van der Waals surface area contributed by atoms with E-state index in [1.807, 2.05) is 37.3 Å². The molecule has 0 aliphatic carbocycles. The van der Waals surface area contributed by atoms with Gasteiger partial charge in [-0.15, -0.1) is 11.3 Å². The standard InChI is InChI=1S/C16H20N2O2S/c1-3-13-15(21-11-17-13)16(20)18(2)14(9-10-19)12-7-5-4-6-8-12/h4-8,11,14,19H,3,9-10H2,1-2H3. The Morgan fingerprint density at radius 2 is 2.10 bits per heavy atom. The number of aliphatic hydroxyl groups excluding tert-OH is 1. The van der Waals surface area contributed by atoms with Gasteiger partial charge in [-0.05, 0) is 18.4 Å². The van der Waals surface area contributed by atoms with Gasteiger partial charge in [0.15, 0.2) is 0 Å². The zero-order chi connectivity index (χ0) is 15.2. The summed E-state index contributed by atoms with van der Waals surface area (Å²) in [6.07, 6.45) is 1.26. The highest BCUT2D eigenvalue weighted by atomic mass is 32.1. The molecule has 5 heteroatoms. The minimum atomic E-state index is -0.129. The summed E-state index contributed by atoms with van der Waals surface area (Å²) in [7, 11) is 1.79. The van der Waals surface area contributed by atoms with Gasteiger partial charge in [0, 0.05) is 13.7 Å². The van der Waals surface area contributed by atoms with Gasteiger partial charge in [-0.25, -0.2) is 4.98 Å². The normalized spacial score (nSPS) is 12.1. The average molecular weight is 304 g/mol. The van der Waals surface area contributed by atoms with Gasteiger partial charge in [0.2, 0.25) is 0 Å². The Labute approximate surface area is 129 Å². The van der Waals surface area contributed by atoms with Crippen LogP contribution in [0, 0.1) is 0 Å². The van der Waals surface area contributed by atoms with Crippen molar-refractivity contribution in [1.29, 1.82) is 0 Å². The summed E-state index contributed by atoms with van der Waals surface area (Å²) in [4.78, 5) is 19.3. The summed E-state index contributed by atoms with van der Waals surface area (Å²) in [5.41, 5.74) is 3.58. The molecule has 0 saturated heterocycles. The van der Waals surface area contributed by atoms with Crippen LogP contribution in [0.15, 0.2) is 35.8 Å². The van der Waals surface area contributed by atoms with Crippen LogP contribution in [0.1, 0.15) is 40.3 Å². The molecule has 2 aromatic rings. The van der Waals surface area contributed by atoms with Gasteiger partial charge in [0.05, 0.1) is 17.2 Å². The number of carbonyl (C=O) groups is 1. The molecule has 0 bridgehead atoms. The van der Waals surface area contributed by atoms with E-state index in [9.17, 15) is 9.90 Å². The third-order valence-corrected chi connectivity index (χ3v) is 4.40. The van der Waals surface area contributed by atoms with Crippen molar-refractivity contribution in [3.8, 4) is 0 Å². The maximum atomic E-state index is 12.7. The number of nitrogens with zero attached hydrogens (tertiary/aromatic N) is 2. The first-order valence-electron chi connectivity index (χ1n) is 7.04. The van der Waals surface area contributed by atoms with Gasteiger partial charge in [-0.1, -0.05) is 37.3 Å². The van der Waals surface area contributed by atoms with Crippen molar-refractivity contribution in [2.24, 2.45) is 0 Å². The molecule has 0 spiro atoms. The van der Waals surface area contributed by atoms with Crippen LogP contribution >= 0.6 is 11.3 Å². The van der Waals surface area contributed by atoms with Crippen LogP contribution in [0.2, 0.25) is 0 Å².